The normalized spacial score (nSPS) is 15.8. The SMILES string of the molecule is COC(=O)CC(CSC(C)=O)C(=O)ON1C(=O)CCC1=O. The molecule has 1 unspecified atom stereocenters. The summed E-state index contributed by atoms with van der Waals surface area (Å²) in [4.78, 5) is 61.6. The number of hydroxylamine groups is 2. The summed E-state index contributed by atoms with van der Waals surface area (Å²) in [7, 11) is 1.16. The van der Waals surface area contributed by atoms with Crippen LogP contribution in [-0.4, -0.2) is 46.8 Å². The van der Waals surface area contributed by atoms with E-state index in [0.717, 1.165) is 18.9 Å². The largest absolute Gasteiger partial charge is 0.469 e. The quantitative estimate of drug-likeness (QED) is 0.500. The average molecular weight is 317 g/mol. The van der Waals surface area contributed by atoms with Crippen LogP contribution in [0.2, 0.25) is 0 Å². The molecule has 0 aliphatic carbocycles. The Morgan fingerprint density at radius 1 is 1.24 bits per heavy atom. The van der Waals surface area contributed by atoms with Gasteiger partial charge < -0.3 is 9.57 Å². The molecule has 1 saturated heterocycles. The summed E-state index contributed by atoms with van der Waals surface area (Å²) in [5, 5.41) is 0.177. The number of hydrogen-bond donors (Lipinski definition) is 0. The highest BCUT2D eigenvalue weighted by Crippen LogP contribution is 2.19. The Bertz CT molecular complexity index is 460. The maximum absolute atomic E-state index is 12.0. The molecule has 0 radical (unpaired) electrons. The van der Waals surface area contributed by atoms with Crippen LogP contribution >= 0.6 is 11.8 Å². The first kappa shape index (κ1) is 17.2. The van der Waals surface area contributed by atoms with Crippen LogP contribution in [0.15, 0.2) is 0 Å². The van der Waals surface area contributed by atoms with Crippen LogP contribution in [0, 0.1) is 5.92 Å². The summed E-state index contributed by atoms with van der Waals surface area (Å²) >= 11 is 0.844. The smallest absolute Gasteiger partial charge is 0.337 e. The van der Waals surface area contributed by atoms with Crippen LogP contribution in [0.1, 0.15) is 26.2 Å². The van der Waals surface area contributed by atoms with Crippen molar-refractivity contribution in [2.75, 3.05) is 12.9 Å². The number of ether oxygens (including phenoxy) is 1. The van der Waals surface area contributed by atoms with E-state index < -0.39 is 29.7 Å². The number of carbonyl (C=O) groups excluding carboxylic acids is 5. The first-order valence-electron chi connectivity index (χ1n) is 6.13. The minimum absolute atomic E-state index is 0.000508. The standard InChI is InChI=1S/C12H15NO7S/c1-7(14)21-6-8(5-11(17)19-2)12(18)20-13-9(15)3-4-10(13)16/h8H,3-6H2,1-2H3. The second-order valence-electron chi connectivity index (χ2n) is 4.27. The number of amides is 2. The topological polar surface area (TPSA) is 107 Å². The van der Waals surface area contributed by atoms with Gasteiger partial charge in [0.2, 0.25) is 0 Å². The summed E-state index contributed by atoms with van der Waals surface area (Å²) in [6.45, 7) is 1.32. The highest BCUT2D eigenvalue weighted by Gasteiger charge is 2.35. The molecule has 2 amide bonds. The molecular weight excluding hydrogens is 302 g/mol. The van der Waals surface area contributed by atoms with Gasteiger partial charge in [-0.3, -0.25) is 19.2 Å². The van der Waals surface area contributed by atoms with E-state index in [-0.39, 0.29) is 30.1 Å². The maximum atomic E-state index is 12.0. The highest BCUT2D eigenvalue weighted by atomic mass is 32.2. The van der Waals surface area contributed by atoms with Crippen molar-refractivity contribution in [3.8, 4) is 0 Å². The molecule has 9 heteroatoms. The van der Waals surface area contributed by atoms with Gasteiger partial charge in [-0.15, -0.1) is 5.06 Å². The van der Waals surface area contributed by atoms with E-state index in [1.807, 2.05) is 0 Å². The van der Waals surface area contributed by atoms with E-state index in [2.05, 4.69) is 4.74 Å². The minimum Gasteiger partial charge on any atom is -0.469 e. The van der Waals surface area contributed by atoms with Crippen molar-refractivity contribution in [1.29, 1.82) is 0 Å². The Hall–Kier alpha value is -1.90. The van der Waals surface area contributed by atoms with Crippen molar-refractivity contribution >= 4 is 40.6 Å². The van der Waals surface area contributed by atoms with Crippen molar-refractivity contribution in [2.45, 2.75) is 26.2 Å². The van der Waals surface area contributed by atoms with Gasteiger partial charge in [0.15, 0.2) is 5.12 Å². The maximum Gasteiger partial charge on any atom is 0.337 e. The second kappa shape index (κ2) is 7.77. The molecule has 0 saturated carbocycles. The third-order valence-electron chi connectivity index (χ3n) is 2.65. The molecule has 1 rings (SSSR count). The Labute approximate surface area is 125 Å². The Kier molecular flexibility index (Phi) is 6.35. The fourth-order valence-corrected chi connectivity index (χ4v) is 2.22. The van der Waals surface area contributed by atoms with Crippen LogP contribution in [-0.2, 0) is 33.5 Å². The van der Waals surface area contributed by atoms with Gasteiger partial charge in [0.1, 0.15) is 0 Å². The molecule has 0 spiro atoms. The fourth-order valence-electron chi connectivity index (χ4n) is 1.54. The third-order valence-corrected chi connectivity index (χ3v) is 3.62. The molecule has 1 aliphatic rings. The zero-order valence-electron chi connectivity index (χ0n) is 11.6. The van der Waals surface area contributed by atoms with Crippen LogP contribution in [0.5, 0.6) is 0 Å². The number of carbonyl (C=O) groups is 5. The second-order valence-corrected chi connectivity index (χ2v) is 5.47. The number of methoxy groups -OCH3 is 1. The lowest BCUT2D eigenvalue weighted by Crippen LogP contribution is -2.36. The van der Waals surface area contributed by atoms with Gasteiger partial charge in [-0.2, -0.15) is 0 Å². The van der Waals surface area contributed by atoms with Gasteiger partial charge >= 0.3 is 11.9 Å². The number of esters is 1. The first-order valence-corrected chi connectivity index (χ1v) is 7.11. The van der Waals surface area contributed by atoms with Crippen LogP contribution in [0.3, 0.4) is 0 Å². The molecule has 0 N–H and O–H groups in total. The van der Waals surface area contributed by atoms with Crippen molar-refractivity contribution in [3.63, 3.8) is 0 Å². The predicted octanol–water partition coefficient (Wildman–Crippen LogP) is 0.0526. The van der Waals surface area contributed by atoms with E-state index in [9.17, 15) is 24.0 Å². The molecule has 0 aromatic heterocycles. The zero-order chi connectivity index (χ0) is 16.0. The molecule has 21 heavy (non-hydrogen) atoms. The van der Waals surface area contributed by atoms with Crippen LogP contribution in [0.4, 0.5) is 0 Å². The monoisotopic (exact) mass is 317 g/mol. The summed E-state index contributed by atoms with van der Waals surface area (Å²) in [5.74, 6) is -3.77. The zero-order valence-corrected chi connectivity index (χ0v) is 12.4. The molecular formula is C12H15NO7S. The van der Waals surface area contributed by atoms with Crippen molar-refractivity contribution in [1.82, 2.24) is 5.06 Å². The van der Waals surface area contributed by atoms with Crippen molar-refractivity contribution in [3.05, 3.63) is 0 Å². The van der Waals surface area contributed by atoms with E-state index in [1.165, 1.54) is 6.92 Å². The molecule has 0 aromatic carbocycles. The van der Waals surface area contributed by atoms with Gasteiger partial charge in [0.05, 0.1) is 19.4 Å². The Morgan fingerprint density at radius 2 is 1.81 bits per heavy atom. The van der Waals surface area contributed by atoms with E-state index >= 15 is 0 Å². The number of rotatable bonds is 6. The summed E-state index contributed by atoms with van der Waals surface area (Å²) in [5.41, 5.74) is 0. The number of imide groups is 1. The number of thioether (sulfide) groups is 1. The summed E-state index contributed by atoms with van der Waals surface area (Å²) < 4.78 is 4.46. The molecule has 8 nitrogen and oxygen atoms in total. The summed E-state index contributed by atoms with van der Waals surface area (Å²) in [6, 6.07) is 0. The number of nitrogens with zero attached hydrogens (tertiary/aromatic N) is 1. The van der Waals surface area contributed by atoms with Gasteiger partial charge in [-0.1, -0.05) is 11.8 Å². The number of hydrogen-bond acceptors (Lipinski definition) is 8. The van der Waals surface area contributed by atoms with Gasteiger partial charge in [-0.05, 0) is 0 Å². The van der Waals surface area contributed by atoms with Crippen LogP contribution in [0.25, 0.3) is 0 Å². The van der Waals surface area contributed by atoms with Crippen LogP contribution < -0.4 is 0 Å². The van der Waals surface area contributed by atoms with Gasteiger partial charge in [0, 0.05) is 25.5 Å². The Morgan fingerprint density at radius 3 is 2.29 bits per heavy atom. The third kappa shape index (κ3) is 5.18. The lowest BCUT2D eigenvalue weighted by molar-refractivity contribution is -0.200. The predicted molar refractivity (Wildman–Crippen MR) is 70.4 cm³/mol. The average Bonchev–Trinajstić information content (AvgIpc) is 2.74. The molecule has 1 aliphatic heterocycles. The lowest BCUT2D eigenvalue weighted by atomic mass is 10.1. The molecule has 0 aromatic rings. The fraction of sp³-hybridized carbons (Fsp3) is 0.583. The van der Waals surface area contributed by atoms with E-state index in [4.69, 9.17) is 4.84 Å². The Balaban J connectivity index is 2.69. The molecule has 1 fully saturated rings. The molecule has 1 atom stereocenters. The molecule has 0 bridgehead atoms. The van der Waals surface area contributed by atoms with Gasteiger partial charge in [0.25, 0.3) is 11.8 Å². The van der Waals surface area contributed by atoms with E-state index in [1.54, 1.807) is 0 Å². The lowest BCUT2D eigenvalue weighted by Gasteiger charge is -2.17. The molecule has 1 heterocycles. The summed E-state index contributed by atoms with van der Waals surface area (Å²) in [6.07, 6.45) is -0.336. The van der Waals surface area contributed by atoms with Gasteiger partial charge in [-0.25, -0.2) is 4.79 Å². The van der Waals surface area contributed by atoms with Crippen molar-refractivity contribution in [2.24, 2.45) is 5.92 Å². The highest BCUT2D eigenvalue weighted by molar-refractivity contribution is 8.13. The minimum atomic E-state index is -0.979. The van der Waals surface area contributed by atoms with Crippen molar-refractivity contribution < 1.29 is 33.5 Å². The van der Waals surface area contributed by atoms with E-state index in [0.29, 0.717) is 5.06 Å². The first-order chi connectivity index (χ1) is 9.85. The molecule has 116 valence electrons.